The Labute approximate surface area is 89.7 Å². The molecule has 0 aromatic heterocycles. The van der Waals surface area contributed by atoms with Crippen molar-refractivity contribution >= 4 is 0 Å². The van der Waals surface area contributed by atoms with E-state index in [2.05, 4.69) is 19.2 Å². The van der Waals surface area contributed by atoms with Crippen LogP contribution in [0.2, 0.25) is 0 Å². The third kappa shape index (κ3) is 5.64. The zero-order valence-corrected chi connectivity index (χ0v) is 10.0. The molecule has 0 atom stereocenters. The summed E-state index contributed by atoms with van der Waals surface area (Å²) < 4.78 is 0. The van der Waals surface area contributed by atoms with Crippen molar-refractivity contribution in [2.24, 2.45) is 5.92 Å². The first-order valence-corrected chi connectivity index (χ1v) is 6.52. The van der Waals surface area contributed by atoms with Crippen molar-refractivity contribution in [2.45, 2.75) is 71.3 Å². The van der Waals surface area contributed by atoms with Crippen LogP contribution in [0.1, 0.15) is 65.2 Å². The average Bonchev–Trinajstić information content (AvgIpc) is 2.07. The van der Waals surface area contributed by atoms with Gasteiger partial charge in [0, 0.05) is 6.04 Å². The van der Waals surface area contributed by atoms with Crippen LogP contribution in [0, 0.1) is 5.92 Å². The highest BCUT2D eigenvalue weighted by Gasteiger charge is 2.10. The molecule has 0 spiro atoms. The van der Waals surface area contributed by atoms with Gasteiger partial charge in [0.1, 0.15) is 0 Å². The van der Waals surface area contributed by atoms with Crippen molar-refractivity contribution in [3.8, 4) is 0 Å². The Bertz CT molecular complexity index is 123. The third-order valence-corrected chi connectivity index (χ3v) is 3.26. The van der Waals surface area contributed by atoms with Gasteiger partial charge in [0.2, 0.25) is 0 Å². The maximum Gasteiger partial charge on any atom is 0.00670 e. The van der Waals surface area contributed by atoms with Gasteiger partial charge < -0.3 is 5.32 Å². The Morgan fingerprint density at radius 2 is 1.57 bits per heavy atom. The molecule has 14 heavy (non-hydrogen) atoms. The van der Waals surface area contributed by atoms with Gasteiger partial charge in [-0.15, -0.1) is 0 Å². The zero-order valence-electron chi connectivity index (χ0n) is 10.0. The van der Waals surface area contributed by atoms with Gasteiger partial charge in [0.15, 0.2) is 0 Å². The summed E-state index contributed by atoms with van der Waals surface area (Å²) >= 11 is 0. The summed E-state index contributed by atoms with van der Waals surface area (Å²) in [4.78, 5) is 0. The average molecular weight is 197 g/mol. The van der Waals surface area contributed by atoms with Crippen LogP contribution in [0.5, 0.6) is 0 Å². The Morgan fingerprint density at radius 1 is 1.00 bits per heavy atom. The van der Waals surface area contributed by atoms with Crippen LogP contribution in [0.3, 0.4) is 0 Å². The zero-order chi connectivity index (χ0) is 10.2. The van der Waals surface area contributed by atoms with Crippen LogP contribution in [0.4, 0.5) is 0 Å². The summed E-state index contributed by atoms with van der Waals surface area (Å²) in [5.74, 6) is 0.844. The molecule has 1 heteroatoms. The van der Waals surface area contributed by atoms with E-state index in [1.54, 1.807) is 0 Å². The normalized spacial score (nSPS) is 20.8. The molecule has 0 aromatic rings. The largest absolute Gasteiger partial charge is 0.314 e. The molecule has 1 aliphatic rings. The van der Waals surface area contributed by atoms with E-state index in [9.17, 15) is 0 Å². The smallest absolute Gasteiger partial charge is 0.00670 e. The fraction of sp³-hybridized carbons (Fsp3) is 1.00. The second-order valence-corrected chi connectivity index (χ2v) is 5.18. The molecule has 0 saturated heterocycles. The van der Waals surface area contributed by atoms with E-state index in [0.717, 1.165) is 12.0 Å². The molecular formula is C13H27N. The van der Waals surface area contributed by atoms with E-state index < -0.39 is 0 Å². The van der Waals surface area contributed by atoms with Crippen LogP contribution >= 0.6 is 0 Å². The summed E-state index contributed by atoms with van der Waals surface area (Å²) in [5.41, 5.74) is 0. The van der Waals surface area contributed by atoms with Gasteiger partial charge in [-0.3, -0.25) is 0 Å². The second kappa shape index (κ2) is 7.28. The lowest BCUT2D eigenvalue weighted by Crippen LogP contribution is -2.31. The van der Waals surface area contributed by atoms with E-state index in [-0.39, 0.29) is 0 Å². The van der Waals surface area contributed by atoms with E-state index >= 15 is 0 Å². The van der Waals surface area contributed by atoms with Gasteiger partial charge >= 0.3 is 0 Å². The Hall–Kier alpha value is -0.0400. The minimum absolute atomic E-state index is 0.828. The number of hydrogen-bond donors (Lipinski definition) is 1. The lowest BCUT2D eigenvalue weighted by molar-refractivity contribution is 0.379. The maximum absolute atomic E-state index is 3.72. The van der Waals surface area contributed by atoms with E-state index in [0.29, 0.717) is 0 Å². The molecule has 0 amide bonds. The van der Waals surface area contributed by atoms with Crippen molar-refractivity contribution in [2.75, 3.05) is 6.54 Å². The second-order valence-electron chi connectivity index (χ2n) is 5.18. The Balaban J connectivity index is 2.08. The monoisotopic (exact) mass is 197 g/mol. The van der Waals surface area contributed by atoms with E-state index in [1.165, 1.54) is 57.9 Å². The molecule has 1 rings (SSSR count). The van der Waals surface area contributed by atoms with Crippen LogP contribution < -0.4 is 5.32 Å². The van der Waals surface area contributed by atoms with Crippen molar-refractivity contribution in [1.82, 2.24) is 5.32 Å². The molecule has 1 fully saturated rings. The molecule has 1 saturated carbocycles. The topological polar surface area (TPSA) is 12.0 Å². The first-order chi connectivity index (χ1) is 6.79. The standard InChI is InChI=1S/C13H27N/c1-12(2)10-11-14-13-8-6-4-3-5-7-9-13/h12-14H,3-11H2,1-2H3. The minimum Gasteiger partial charge on any atom is -0.314 e. The Morgan fingerprint density at radius 3 is 2.14 bits per heavy atom. The number of hydrogen-bond acceptors (Lipinski definition) is 1. The number of rotatable bonds is 4. The number of nitrogens with one attached hydrogen (secondary N) is 1. The van der Waals surface area contributed by atoms with Gasteiger partial charge in [-0.1, -0.05) is 46.0 Å². The molecule has 0 radical (unpaired) electrons. The summed E-state index contributed by atoms with van der Waals surface area (Å²) in [5, 5.41) is 3.72. The lowest BCUT2D eigenvalue weighted by atomic mass is 9.96. The van der Waals surface area contributed by atoms with Crippen LogP contribution in [0.25, 0.3) is 0 Å². The van der Waals surface area contributed by atoms with Crippen molar-refractivity contribution in [3.05, 3.63) is 0 Å². The molecule has 0 aliphatic heterocycles. The SMILES string of the molecule is CC(C)CCNC1CCCCCCC1. The lowest BCUT2D eigenvalue weighted by Gasteiger charge is -2.21. The van der Waals surface area contributed by atoms with E-state index in [1.807, 2.05) is 0 Å². The highest BCUT2D eigenvalue weighted by atomic mass is 14.9. The predicted molar refractivity (Wildman–Crippen MR) is 63.6 cm³/mol. The molecule has 0 bridgehead atoms. The fourth-order valence-corrected chi connectivity index (χ4v) is 2.24. The molecule has 1 aliphatic carbocycles. The van der Waals surface area contributed by atoms with Gasteiger partial charge in [0.25, 0.3) is 0 Å². The summed E-state index contributed by atoms with van der Waals surface area (Å²) in [7, 11) is 0. The summed E-state index contributed by atoms with van der Waals surface area (Å²) in [6, 6.07) is 0.828. The van der Waals surface area contributed by atoms with Crippen molar-refractivity contribution in [3.63, 3.8) is 0 Å². The minimum atomic E-state index is 0.828. The molecule has 84 valence electrons. The summed E-state index contributed by atoms with van der Waals surface area (Å²) in [6.07, 6.45) is 11.4. The van der Waals surface area contributed by atoms with Gasteiger partial charge in [0.05, 0.1) is 0 Å². The Kier molecular flexibility index (Phi) is 6.25. The third-order valence-electron chi connectivity index (χ3n) is 3.26. The van der Waals surface area contributed by atoms with Crippen LogP contribution in [0.15, 0.2) is 0 Å². The maximum atomic E-state index is 3.72. The summed E-state index contributed by atoms with van der Waals surface area (Å²) in [6.45, 7) is 5.84. The molecular weight excluding hydrogens is 170 g/mol. The van der Waals surface area contributed by atoms with Crippen LogP contribution in [-0.4, -0.2) is 12.6 Å². The highest BCUT2D eigenvalue weighted by molar-refractivity contribution is 4.69. The molecule has 0 unspecified atom stereocenters. The first-order valence-electron chi connectivity index (χ1n) is 6.52. The van der Waals surface area contributed by atoms with Gasteiger partial charge in [-0.05, 0) is 31.7 Å². The highest BCUT2D eigenvalue weighted by Crippen LogP contribution is 2.17. The van der Waals surface area contributed by atoms with Gasteiger partial charge in [-0.2, -0.15) is 0 Å². The predicted octanol–water partition coefficient (Wildman–Crippen LogP) is 3.74. The van der Waals surface area contributed by atoms with Crippen molar-refractivity contribution < 1.29 is 0 Å². The fourth-order valence-electron chi connectivity index (χ4n) is 2.24. The molecule has 0 aromatic carbocycles. The van der Waals surface area contributed by atoms with Crippen LogP contribution in [-0.2, 0) is 0 Å². The first kappa shape index (κ1) is 12.0. The van der Waals surface area contributed by atoms with E-state index in [4.69, 9.17) is 0 Å². The van der Waals surface area contributed by atoms with Crippen molar-refractivity contribution in [1.29, 1.82) is 0 Å². The quantitative estimate of drug-likeness (QED) is 0.724. The molecule has 1 N–H and O–H groups in total. The van der Waals surface area contributed by atoms with Gasteiger partial charge in [-0.25, -0.2) is 0 Å². The molecule has 0 heterocycles. The molecule has 1 nitrogen and oxygen atoms in total.